The highest BCUT2D eigenvalue weighted by molar-refractivity contribution is 7.17. The van der Waals surface area contributed by atoms with E-state index in [4.69, 9.17) is 4.74 Å². The standard InChI is InChI=1S/C21H23N3O3S/c1-27-9-8-22-18(25)11-24-13-23-20-19(21(24)26)17(12-28-20)16-7-6-14-4-2-3-5-15(14)10-16/h6-7,10,12-13H,2-5,8-9,11H2,1H3,(H,22,25). The van der Waals surface area contributed by atoms with Crippen molar-refractivity contribution in [2.75, 3.05) is 20.3 Å². The maximum atomic E-state index is 13.1. The van der Waals surface area contributed by atoms with Gasteiger partial charge < -0.3 is 10.1 Å². The van der Waals surface area contributed by atoms with Gasteiger partial charge in [0, 0.05) is 24.6 Å². The van der Waals surface area contributed by atoms with Gasteiger partial charge in [0.05, 0.1) is 18.3 Å². The number of hydrogen-bond donors (Lipinski definition) is 1. The molecular weight excluding hydrogens is 374 g/mol. The van der Waals surface area contributed by atoms with E-state index < -0.39 is 0 Å². The molecule has 0 unspecified atom stereocenters. The lowest BCUT2D eigenvalue weighted by atomic mass is 9.89. The molecule has 0 spiro atoms. The van der Waals surface area contributed by atoms with Crippen molar-refractivity contribution in [3.8, 4) is 11.1 Å². The zero-order valence-corrected chi connectivity index (χ0v) is 16.7. The van der Waals surface area contributed by atoms with Crippen LogP contribution in [0.2, 0.25) is 0 Å². The third kappa shape index (κ3) is 3.72. The molecule has 0 atom stereocenters. The maximum Gasteiger partial charge on any atom is 0.263 e. The fraction of sp³-hybridized carbons (Fsp3) is 0.381. The summed E-state index contributed by atoms with van der Waals surface area (Å²) in [6.07, 6.45) is 6.14. The van der Waals surface area contributed by atoms with Gasteiger partial charge in [0.25, 0.3) is 5.56 Å². The van der Waals surface area contributed by atoms with Crippen molar-refractivity contribution in [2.45, 2.75) is 32.2 Å². The fourth-order valence-electron chi connectivity index (χ4n) is 3.70. The van der Waals surface area contributed by atoms with Crippen LogP contribution >= 0.6 is 11.3 Å². The molecule has 3 aromatic rings. The normalized spacial score (nSPS) is 13.5. The first-order chi connectivity index (χ1) is 13.7. The third-order valence-corrected chi connectivity index (χ3v) is 6.05. The van der Waals surface area contributed by atoms with Crippen molar-refractivity contribution in [3.63, 3.8) is 0 Å². The molecule has 0 saturated carbocycles. The quantitative estimate of drug-likeness (QED) is 0.649. The number of amides is 1. The Labute approximate surface area is 167 Å². The fourth-order valence-corrected chi connectivity index (χ4v) is 4.60. The molecule has 0 aliphatic heterocycles. The summed E-state index contributed by atoms with van der Waals surface area (Å²) in [6.45, 7) is 0.800. The Bertz CT molecular complexity index is 1070. The highest BCUT2D eigenvalue weighted by Gasteiger charge is 2.16. The lowest BCUT2D eigenvalue weighted by Crippen LogP contribution is -2.34. The maximum absolute atomic E-state index is 13.1. The van der Waals surface area contributed by atoms with Crippen LogP contribution in [0.1, 0.15) is 24.0 Å². The van der Waals surface area contributed by atoms with Crippen molar-refractivity contribution >= 4 is 27.5 Å². The van der Waals surface area contributed by atoms with Gasteiger partial charge in [-0.15, -0.1) is 11.3 Å². The van der Waals surface area contributed by atoms with E-state index in [1.54, 1.807) is 7.11 Å². The average molecular weight is 398 g/mol. The van der Waals surface area contributed by atoms with Gasteiger partial charge in [-0.1, -0.05) is 18.2 Å². The molecule has 1 aliphatic carbocycles. The molecule has 0 saturated heterocycles. The summed E-state index contributed by atoms with van der Waals surface area (Å²) in [4.78, 5) is 30.2. The minimum atomic E-state index is -0.231. The van der Waals surface area contributed by atoms with Gasteiger partial charge in [0.2, 0.25) is 5.91 Å². The lowest BCUT2D eigenvalue weighted by Gasteiger charge is -2.16. The largest absolute Gasteiger partial charge is 0.383 e. The van der Waals surface area contributed by atoms with E-state index in [2.05, 4.69) is 28.5 Å². The second-order valence-electron chi connectivity index (χ2n) is 7.04. The second kappa shape index (κ2) is 8.24. The number of ether oxygens (including phenoxy) is 1. The number of hydrogen-bond acceptors (Lipinski definition) is 5. The number of aromatic nitrogens is 2. The number of rotatable bonds is 6. The molecule has 6 nitrogen and oxygen atoms in total. The van der Waals surface area contributed by atoms with E-state index >= 15 is 0 Å². The van der Waals surface area contributed by atoms with Crippen LogP contribution in [0.25, 0.3) is 21.3 Å². The molecule has 1 aromatic carbocycles. The molecule has 1 amide bonds. The number of benzene rings is 1. The molecule has 146 valence electrons. The van der Waals surface area contributed by atoms with Crippen molar-refractivity contribution in [1.82, 2.24) is 14.9 Å². The summed E-state index contributed by atoms with van der Waals surface area (Å²) in [6, 6.07) is 6.50. The minimum absolute atomic E-state index is 0.0506. The van der Waals surface area contributed by atoms with E-state index in [0.717, 1.165) is 24.0 Å². The summed E-state index contributed by atoms with van der Waals surface area (Å²) < 4.78 is 6.30. The summed E-state index contributed by atoms with van der Waals surface area (Å²) in [5.41, 5.74) is 4.57. The van der Waals surface area contributed by atoms with Gasteiger partial charge in [-0.25, -0.2) is 4.98 Å². The number of nitrogens with one attached hydrogen (secondary N) is 1. The minimum Gasteiger partial charge on any atom is -0.383 e. The van der Waals surface area contributed by atoms with Crippen molar-refractivity contribution in [1.29, 1.82) is 0 Å². The van der Waals surface area contributed by atoms with Crippen LogP contribution in [0, 0.1) is 0 Å². The van der Waals surface area contributed by atoms with E-state index in [9.17, 15) is 9.59 Å². The second-order valence-corrected chi connectivity index (χ2v) is 7.90. The zero-order valence-electron chi connectivity index (χ0n) is 15.9. The van der Waals surface area contributed by atoms with Crippen LogP contribution < -0.4 is 10.9 Å². The van der Waals surface area contributed by atoms with Crippen molar-refractivity contribution in [3.05, 3.63) is 51.4 Å². The highest BCUT2D eigenvalue weighted by atomic mass is 32.1. The number of methoxy groups -OCH3 is 1. The molecule has 4 rings (SSSR count). The van der Waals surface area contributed by atoms with Crippen molar-refractivity contribution < 1.29 is 9.53 Å². The zero-order chi connectivity index (χ0) is 19.5. The Balaban J connectivity index is 1.67. The number of carbonyl (C=O) groups is 1. The first-order valence-corrected chi connectivity index (χ1v) is 10.4. The number of nitrogens with zero attached hydrogens (tertiary/aromatic N) is 2. The van der Waals surface area contributed by atoms with Gasteiger partial charge in [-0.3, -0.25) is 14.2 Å². The van der Waals surface area contributed by atoms with Crippen LogP contribution in [0.4, 0.5) is 0 Å². The summed E-state index contributed by atoms with van der Waals surface area (Å²) in [7, 11) is 1.58. The van der Waals surface area contributed by atoms with Crippen LogP contribution in [-0.4, -0.2) is 35.7 Å². The van der Waals surface area contributed by atoms with E-state index in [-0.39, 0.29) is 18.0 Å². The number of thiophene rings is 1. The predicted octanol–water partition coefficient (Wildman–Crippen LogP) is 2.77. The number of carbonyl (C=O) groups excluding carboxylic acids is 1. The van der Waals surface area contributed by atoms with Crippen LogP contribution in [0.15, 0.2) is 34.7 Å². The average Bonchev–Trinajstić information content (AvgIpc) is 3.15. The molecule has 0 radical (unpaired) electrons. The Kier molecular flexibility index (Phi) is 5.54. The van der Waals surface area contributed by atoms with Gasteiger partial charge >= 0.3 is 0 Å². The Hall–Kier alpha value is -2.51. The summed E-state index contributed by atoms with van der Waals surface area (Å²) in [5, 5.41) is 5.32. The number of fused-ring (bicyclic) bond motifs is 2. The predicted molar refractivity (Wildman–Crippen MR) is 111 cm³/mol. The van der Waals surface area contributed by atoms with Gasteiger partial charge in [-0.2, -0.15) is 0 Å². The first kappa shape index (κ1) is 18.8. The summed E-state index contributed by atoms with van der Waals surface area (Å²) in [5.74, 6) is -0.231. The van der Waals surface area contributed by atoms with E-state index in [1.165, 1.54) is 46.2 Å². The van der Waals surface area contributed by atoms with Crippen LogP contribution in [0.5, 0.6) is 0 Å². The molecule has 1 aliphatic rings. The number of aryl methyl sites for hydroxylation is 2. The molecule has 0 bridgehead atoms. The topological polar surface area (TPSA) is 73.2 Å². The molecular formula is C21H23N3O3S. The molecule has 1 N–H and O–H groups in total. The lowest BCUT2D eigenvalue weighted by molar-refractivity contribution is -0.121. The van der Waals surface area contributed by atoms with Crippen LogP contribution in [0.3, 0.4) is 0 Å². The molecule has 0 fully saturated rings. The van der Waals surface area contributed by atoms with E-state index in [0.29, 0.717) is 23.4 Å². The Morgan fingerprint density at radius 1 is 1.29 bits per heavy atom. The molecule has 2 heterocycles. The molecule has 2 aromatic heterocycles. The van der Waals surface area contributed by atoms with Gasteiger partial charge in [0.1, 0.15) is 11.4 Å². The highest BCUT2D eigenvalue weighted by Crippen LogP contribution is 2.33. The van der Waals surface area contributed by atoms with Crippen molar-refractivity contribution in [2.24, 2.45) is 0 Å². The third-order valence-electron chi connectivity index (χ3n) is 5.16. The molecule has 7 heteroatoms. The monoisotopic (exact) mass is 397 g/mol. The van der Waals surface area contributed by atoms with Gasteiger partial charge in [-0.05, 0) is 42.4 Å². The Morgan fingerprint density at radius 2 is 2.11 bits per heavy atom. The van der Waals surface area contributed by atoms with E-state index in [1.807, 2.05) is 5.38 Å². The van der Waals surface area contributed by atoms with Crippen LogP contribution in [-0.2, 0) is 28.9 Å². The molecule has 28 heavy (non-hydrogen) atoms. The smallest absolute Gasteiger partial charge is 0.263 e. The summed E-state index contributed by atoms with van der Waals surface area (Å²) >= 11 is 1.46. The van der Waals surface area contributed by atoms with Gasteiger partial charge in [0.15, 0.2) is 0 Å². The Morgan fingerprint density at radius 3 is 2.93 bits per heavy atom. The SMILES string of the molecule is COCCNC(=O)Cn1cnc2scc(-c3ccc4c(c3)CCCC4)c2c1=O. The first-order valence-electron chi connectivity index (χ1n) is 9.52.